The lowest BCUT2D eigenvalue weighted by atomic mass is 9.98. The molecule has 1 heterocycles. The number of nitrogens with zero attached hydrogens (tertiary/aromatic N) is 3. The number of benzene rings is 10. The first-order valence-corrected chi connectivity index (χ1v) is 23.2. The van der Waals surface area contributed by atoms with E-state index >= 15 is 0 Å². The topological polar surface area (TPSA) is 28.5 Å². The molecular weight excluding hydrogens is 839 g/mol. The van der Waals surface area contributed by atoms with Crippen LogP contribution in [0.2, 0.25) is 0 Å². The summed E-state index contributed by atoms with van der Waals surface area (Å²) in [6, 6.07) is 90.5. The minimum atomic E-state index is 0.0412. The van der Waals surface area contributed by atoms with Crippen molar-refractivity contribution >= 4 is 77.5 Å². The summed E-state index contributed by atoms with van der Waals surface area (Å²) in [5, 5.41) is 5.60. The van der Waals surface area contributed by atoms with E-state index in [4.69, 9.17) is 0 Å². The molecule has 0 amide bonds. The van der Waals surface area contributed by atoms with Crippen LogP contribution in [0.1, 0.15) is 11.1 Å². The van der Waals surface area contributed by atoms with Gasteiger partial charge in [-0.3, -0.25) is 4.79 Å². The molecule has 11 aromatic carbocycles. The number of anilines is 6. The largest absolute Gasteiger partial charge is 0.310 e. The summed E-state index contributed by atoms with van der Waals surface area (Å²) < 4.78 is 2.36. The van der Waals surface area contributed by atoms with Gasteiger partial charge in [0, 0.05) is 72.5 Å². The highest BCUT2D eigenvalue weighted by Crippen LogP contribution is 2.43. The normalized spacial score (nSPS) is 11.1. The lowest BCUT2D eigenvalue weighted by Gasteiger charge is -2.26. The number of rotatable bonds is 8. The number of para-hydroxylation sites is 4. The van der Waals surface area contributed by atoms with Crippen LogP contribution >= 0.6 is 0 Å². The smallest absolute Gasteiger partial charge is 0.194 e. The molecule has 0 fully saturated rings. The second kappa shape index (κ2) is 17.8. The van der Waals surface area contributed by atoms with Gasteiger partial charge in [0.25, 0.3) is 0 Å². The van der Waals surface area contributed by atoms with Gasteiger partial charge >= 0.3 is 0 Å². The van der Waals surface area contributed by atoms with Gasteiger partial charge in [-0.05, 0) is 143 Å². The zero-order chi connectivity index (χ0) is 46.1. The van der Waals surface area contributed by atoms with Crippen molar-refractivity contribution < 1.29 is 0 Å². The molecule has 0 aliphatic carbocycles. The van der Waals surface area contributed by atoms with Crippen molar-refractivity contribution in [2.24, 2.45) is 0 Å². The highest BCUT2D eigenvalue weighted by atomic mass is 16.1. The Morgan fingerprint density at radius 3 is 1.28 bits per heavy atom. The molecule has 4 heteroatoms. The van der Waals surface area contributed by atoms with E-state index in [2.05, 4.69) is 220 Å². The molecule has 12 aromatic rings. The minimum Gasteiger partial charge on any atom is -0.310 e. The summed E-state index contributed by atoms with van der Waals surface area (Å²) in [6.07, 6.45) is 0. The summed E-state index contributed by atoms with van der Waals surface area (Å²) in [5.74, 6) is 6.80. The minimum absolute atomic E-state index is 0.0412. The maximum Gasteiger partial charge on any atom is 0.194 e. The third kappa shape index (κ3) is 7.74. The monoisotopic (exact) mass is 881 g/mol. The Bertz CT molecular complexity index is 3730. The summed E-state index contributed by atoms with van der Waals surface area (Å²) >= 11 is 0. The Hall–Kier alpha value is -9.43. The SMILES string of the molecule is O=c1c2ccccc2ccc2cccc(-c3ccc(C#Cc4ccc(-n5c6ccc(N(c7ccccc7)c7ccccc7)cc6c6cc(N(c7ccccc7)c7ccccc7)ccc65)cc4)cc3)c12. The zero-order valence-electron chi connectivity index (χ0n) is 37.6. The standard InChI is InChI=1S/C65H43N3O/c69-65-59-26-14-13-16-48(59)36-37-50-17-15-27-58(64(50)65)49-34-30-46(31-35-49)28-29-47-32-38-55(39-33-47)68-62-42-40-56(66(51-18-5-1-6-19-51)52-20-7-2-8-21-52)44-60(62)61-45-57(41-43-63(61)68)67(53-22-9-3-10-23-53)54-24-11-4-12-25-54/h1-27,30-45H. The van der Waals surface area contributed by atoms with Crippen LogP contribution in [0.25, 0.3) is 60.2 Å². The average molecular weight is 882 g/mol. The van der Waals surface area contributed by atoms with Gasteiger partial charge in [-0.2, -0.15) is 0 Å². The first-order valence-electron chi connectivity index (χ1n) is 23.2. The lowest BCUT2D eigenvalue weighted by molar-refractivity contribution is 1.18. The fourth-order valence-electron chi connectivity index (χ4n) is 9.70. The van der Waals surface area contributed by atoms with E-state index in [1.165, 1.54) is 0 Å². The van der Waals surface area contributed by atoms with Crippen LogP contribution in [0.4, 0.5) is 34.1 Å². The van der Waals surface area contributed by atoms with E-state index < -0.39 is 0 Å². The summed E-state index contributed by atoms with van der Waals surface area (Å²) in [4.78, 5) is 18.5. The molecule has 0 spiro atoms. The Balaban J connectivity index is 0.933. The molecule has 0 saturated carbocycles. The van der Waals surface area contributed by atoms with Gasteiger partial charge < -0.3 is 14.4 Å². The Morgan fingerprint density at radius 2 is 0.768 bits per heavy atom. The lowest BCUT2D eigenvalue weighted by Crippen LogP contribution is -2.09. The van der Waals surface area contributed by atoms with Crippen LogP contribution in [0.15, 0.2) is 266 Å². The van der Waals surface area contributed by atoms with Crippen LogP contribution < -0.4 is 15.2 Å². The Kier molecular flexibility index (Phi) is 10.6. The molecule has 1 aromatic heterocycles. The van der Waals surface area contributed by atoms with Crippen molar-refractivity contribution in [3.8, 4) is 28.7 Å². The van der Waals surface area contributed by atoms with E-state index in [1.807, 2.05) is 66.7 Å². The van der Waals surface area contributed by atoms with Gasteiger partial charge in [0.1, 0.15) is 0 Å². The first-order chi connectivity index (χ1) is 34.1. The van der Waals surface area contributed by atoms with Crippen molar-refractivity contribution in [3.05, 3.63) is 282 Å². The molecule has 0 atom stereocenters. The Labute approximate surface area is 400 Å². The second-order valence-corrected chi connectivity index (χ2v) is 17.1. The predicted octanol–water partition coefficient (Wildman–Crippen LogP) is 16.5. The zero-order valence-corrected chi connectivity index (χ0v) is 37.6. The third-order valence-electron chi connectivity index (χ3n) is 13.0. The number of hydrogen-bond acceptors (Lipinski definition) is 3. The van der Waals surface area contributed by atoms with E-state index in [9.17, 15) is 4.79 Å². The molecule has 4 nitrogen and oxygen atoms in total. The molecule has 12 rings (SSSR count). The predicted molar refractivity (Wildman–Crippen MR) is 289 cm³/mol. The average Bonchev–Trinajstić information content (AvgIpc) is 3.65. The van der Waals surface area contributed by atoms with Crippen molar-refractivity contribution in [1.29, 1.82) is 0 Å². The summed E-state index contributed by atoms with van der Waals surface area (Å²) in [6.45, 7) is 0. The van der Waals surface area contributed by atoms with Crippen molar-refractivity contribution in [2.45, 2.75) is 0 Å². The second-order valence-electron chi connectivity index (χ2n) is 17.1. The van der Waals surface area contributed by atoms with Gasteiger partial charge in [-0.1, -0.05) is 151 Å². The van der Waals surface area contributed by atoms with Crippen LogP contribution in [0.5, 0.6) is 0 Å². The first kappa shape index (κ1) is 41.0. The van der Waals surface area contributed by atoms with Gasteiger partial charge in [0.05, 0.1) is 11.0 Å². The Morgan fingerprint density at radius 1 is 0.333 bits per heavy atom. The van der Waals surface area contributed by atoms with Gasteiger partial charge in [0.15, 0.2) is 5.43 Å². The van der Waals surface area contributed by atoms with Crippen LogP contribution in [0.3, 0.4) is 0 Å². The molecule has 0 saturated heterocycles. The molecule has 0 unspecified atom stereocenters. The molecule has 0 bridgehead atoms. The molecular formula is C65H43N3O. The third-order valence-corrected chi connectivity index (χ3v) is 13.0. The molecule has 0 aliphatic rings. The van der Waals surface area contributed by atoms with E-state index in [-0.39, 0.29) is 5.43 Å². The van der Waals surface area contributed by atoms with Gasteiger partial charge in [-0.15, -0.1) is 0 Å². The highest BCUT2D eigenvalue weighted by Gasteiger charge is 2.20. The fourth-order valence-corrected chi connectivity index (χ4v) is 9.70. The van der Waals surface area contributed by atoms with Crippen molar-refractivity contribution in [1.82, 2.24) is 4.57 Å². The van der Waals surface area contributed by atoms with E-state index in [0.29, 0.717) is 0 Å². The van der Waals surface area contributed by atoms with Crippen molar-refractivity contribution in [3.63, 3.8) is 0 Å². The molecule has 0 radical (unpaired) electrons. The highest BCUT2D eigenvalue weighted by molar-refractivity contribution is 6.12. The number of aromatic nitrogens is 1. The van der Waals surface area contributed by atoms with Crippen LogP contribution in [-0.2, 0) is 0 Å². The molecule has 0 aliphatic heterocycles. The van der Waals surface area contributed by atoms with Crippen molar-refractivity contribution in [2.75, 3.05) is 9.80 Å². The van der Waals surface area contributed by atoms with E-state index in [0.717, 1.165) is 105 Å². The summed E-state index contributed by atoms with van der Waals surface area (Å²) in [5.41, 5.74) is 13.5. The van der Waals surface area contributed by atoms with Gasteiger partial charge in [-0.25, -0.2) is 0 Å². The number of hydrogen-bond donors (Lipinski definition) is 0. The molecule has 69 heavy (non-hydrogen) atoms. The van der Waals surface area contributed by atoms with Gasteiger partial charge in [0.2, 0.25) is 0 Å². The maximum atomic E-state index is 13.9. The molecule has 324 valence electrons. The quantitative estimate of drug-likeness (QED) is 0.142. The van der Waals surface area contributed by atoms with Crippen LogP contribution in [0, 0.1) is 11.8 Å². The maximum absolute atomic E-state index is 13.9. The number of fused-ring (bicyclic) bond motifs is 5. The van der Waals surface area contributed by atoms with Crippen LogP contribution in [-0.4, -0.2) is 4.57 Å². The van der Waals surface area contributed by atoms with E-state index in [1.54, 1.807) is 0 Å². The summed E-state index contributed by atoms with van der Waals surface area (Å²) in [7, 11) is 0. The molecule has 0 N–H and O–H groups in total. The fraction of sp³-hybridized carbons (Fsp3) is 0.